The lowest BCUT2D eigenvalue weighted by Crippen LogP contribution is -2.23. The van der Waals surface area contributed by atoms with Gasteiger partial charge < -0.3 is 19.2 Å². The van der Waals surface area contributed by atoms with E-state index < -0.39 is 0 Å². The number of ether oxygens (including phenoxy) is 2. The van der Waals surface area contributed by atoms with Gasteiger partial charge in [0.2, 0.25) is 17.7 Å². The van der Waals surface area contributed by atoms with Crippen molar-refractivity contribution in [2.24, 2.45) is 0 Å². The number of amides is 1. The molecule has 0 unspecified atom stereocenters. The van der Waals surface area contributed by atoms with Gasteiger partial charge in [0.1, 0.15) is 17.6 Å². The molecule has 0 saturated carbocycles. The Kier molecular flexibility index (Phi) is 6.21. The van der Waals surface area contributed by atoms with Crippen molar-refractivity contribution in [1.29, 1.82) is 0 Å². The largest absolute Gasteiger partial charge is 0.494 e. The maximum Gasteiger partial charge on any atom is 0.247 e. The van der Waals surface area contributed by atoms with Gasteiger partial charge in [0.15, 0.2) is 0 Å². The minimum absolute atomic E-state index is 0.0904. The molecule has 1 amide bonds. The lowest BCUT2D eigenvalue weighted by molar-refractivity contribution is -0.121. The van der Waals surface area contributed by atoms with E-state index >= 15 is 0 Å². The van der Waals surface area contributed by atoms with Crippen molar-refractivity contribution in [2.75, 3.05) is 6.61 Å². The van der Waals surface area contributed by atoms with Gasteiger partial charge in [0.05, 0.1) is 6.61 Å². The van der Waals surface area contributed by atoms with Crippen LogP contribution in [0.5, 0.6) is 11.5 Å². The van der Waals surface area contributed by atoms with Crippen molar-refractivity contribution in [3.63, 3.8) is 0 Å². The third kappa shape index (κ3) is 5.05. The summed E-state index contributed by atoms with van der Waals surface area (Å²) in [5.41, 5.74) is 4.08. The highest BCUT2D eigenvalue weighted by Crippen LogP contribution is 2.35. The molecule has 2 aromatic carbocycles. The molecule has 7 nitrogen and oxygen atoms in total. The van der Waals surface area contributed by atoms with Gasteiger partial charge in [-0.1, -0.05) is 17.7 Å². The van der Waals surface area contributed by atoms with E-state index in [0.29, 0.717) is 31.4 Å². The fourth-order valence-electron chi connectivity index (χ4n) is 3.58. The SMILES string of the molecule is CCOc1cc2c(cc1CNC(=O)CCc1nnc(-c3ccc(C)cc3)o1)O[C@H](C)C2. The summed E-state index contributed by atoms with van der Waals surface area (Å²) >= 11 is 0. The summed E-state index contributed by atoms with van der Waals surface area (Å²) in [6.07, 6.45) is 1.68. The fraction of sp³-hybridized carbons (Fsp3) is 0.375. The van der Waals surface area contributed by atoms with Crippen LogP contribution in [-0.4, -0.2) is 28.8 Å². The van der Waals surface area contributed by atoms with Gasteiger partial charge in [-0.05, 0) is 45.0 Å². The number of hydrogen-bond donors (Lipinski definition) is 1. The normalized spacial score (nSPS) is 14.7. The Labute approximate surface area is 181 Å². The average Bonchev–Trinajstić information content (AvgIpc) is 3.37. The van der Waals surface area contributed by atoms with Gasteiger partial charge in [-0.25, -0.2) is 0 Å². The van der Waals surface area contributed by atoms with Crippen LogP contribution in [0.15, 0.2) is 40.8 Å². The Morgan fingerprint density at radius 2 is 2.03 bits per heavy atom. The molecule has 1 aromatic heterocycles. The summed E-state index contributed by atoms with van der Waals surface area (Å²) in [6.45, 7) is 6.96. The van der Waals surface area contributed by atoms with Crippen LogP contribution >= 0.6 is 0 Å². The lowest BCUT2D eigenvalue weighted by Gasteiger charge is -2.13. The zero-order valence-corrected chi connectivity index (χ0v) is 18.1. The molecule has 2 heterocycles. The topological polar surface area (TPSA) is 86.5 Å². The number of nitrogens with one attached hydrogen (secondary N) is 1. The lowest BCUT2D eigenvalue weighted by atomic mass is 10.1. The molecule has 31 heavy (non-hydrogen) atoms. The third-order valence-electron chi connectivity index (χ3n) is 5.19. The van der Waals surface area contributed by atoms with Crippen LogP contribution in [-0.2, 0) is 24.2 Å². The van der Waals surface area contributed by atoms with Crippen molar-refractivity contribution < 1.29 is 18.7 Å². The number of fused-ring (bicyclic) bond motifs is 1. The Morgan fingerprint density at radius 1 is 1.23 bits per heavy atom. The van der Waals surface area contributed by atoms with Gasteiger partial charge in [-0.2, -0.15) is 0 Å². The summed E-state index contributed by atoms with van der Waals surface area (Å²) in [7, 11) is 0. The molecule has 0 aliphatic carbocycles. The van der Waals surface area contributed by atoms with Crippen molar-refractivity contribution in [1.82, 2.24) is 15.5 Å². The van der Waals surface area contributed by atoms with E-state index in [4.69, 9.17) is 13.9 Å². The van der Waals surface area contributed by atoms with Crippen LogP contribution in [0.25, 0.3) is 11.5 Å². The first-order chi connectivity index (χ1) is 15.0. The smallest absolute Gasteiger partial charge is 0.247 e. The number of aromatic nitrogens is 2. The van der Waals surface area contributed by atoms with E-state index in [1.807, 2.05) is 57.2 Å². The van der Waals surface area contributed by atoms with E-state index in [1.165, 1.54) is 0 Å². The monoisotopic (exact) mass is 421 g/mol. The molecule has 3 aromatic rings. The van der Waals surface area contributed by atoms with Crippen molar-refractivity contribution >= 4 is 5.91 Å². The van der Waals surface area contributed by atoms with E-state index in [2.05, 4.69) is 15.5 Å². The summed E-state index contributed by atoms with van der Waals surface area (Å²) in [5, 5.41) is 11.1. The molecule has 0 saturated heterocycles. The second-order valence-electron chi connectivity index (χ2n) is 7.78. The minimum atomic E-state index is -0.0904. The third-order valence-corrected chi connectivity index (χ3v) is 5.19. The van der Waals surface area contributed by atoms with Gasteiger partial charge in [-0.15, -0.1) is 10.2 Å². The zero-order chi connectivity index (χ0) is 21.8. The molecule has 162 valence electrons. The number of carbonyl (C=O) groups is 1. The molecule has 0 bridgehead atoms. The second-order valence-corrected chi connectivity index (χ2v) is 7.78. The van der Waals surface area contributed by atoms with Crippen LogP contribution in [0.1, 0.15) is 42.8 Å². The second kappa shape index (κ2) is 9.20. The fourth-order valence-corrected chi connectivity index (χ4v) is 3.58. The number of rotatable bonds is 8. The van der Waals surface area contributed by atoms with Crippen LogP contribution in [0.2, 0.25) is 0 Å². The summed E-state index contributed by atoms with van der Waals surface area (Å²) in [4.78, 5) is 12.4. The number of benzene rings is 2. The number of nitrogens with zero attached hydrogens (tertiary/aromatic N) is 2. The Bertz CT molecular complexity index is 1060. The molecule has 0 spiro atoms. The Balaban J connectivity index is 1.33. The number of hydrogen-bond acceptors (Lipinski definition) is 6. The minimum Gasteiger partial charge on any atom is -0.494 e. The molecule has 1 aliphatic rings. The Morgan fingerprint density at radius 3 is 2.81 bits per heavy atom. The first-order valence-electron chi connectivity index (χ1n) is 10.6. The molecule has 0 fully saturated rings. The summed E-state index contributed by atoms with van der Waals surface area (Å²) in [6, 6.07) is 11.9. The Hall–Kier alpha value is -3.35. The molecule has 1 N–H and O–H groups in total. The zero-order valence-electron chi connectivity index (χ0n) is 18.1. The highest BCUT2D eigenvalue weighted by molar-refractivity contribution is 5.76. The van der Waals surface area contributed by atoms with E-state index in [1.54, 1.807) is 0 Å². The predicted molar refractivity (Wildman–Crippen MR) is 116 cm³/mol. The van der Waals surface area contributed by atoms with Crippen molar-refractivity contribution in [2.45, 2.75) is 52.7 Å². The van der Waals surface area contributed by atoms with E-state index in [0.717, 1.165) is 40.2 Å². The first-order valence-corrected chi connectivity index (χ1v) is 10.6. The highest BCUT2D eigenvalue weighted by Gasteiger charge is 2.22. The van der Waals surface area contributed by atoms with E-state index in [9.17, 15) is 4.79 Å². The molecular weight excluding hydrogens is 394 g/mol. The van der Waals surface area contributed by atoms with Crippen molar-refractivity contribution in [3.8, 4) is 23.0 Å². The highest BCUT2D eigenvalue weighted by atomic mass is 16.5. The quantitative estimate of drug-likeness (QED) is 0.591. The predicted octanol–water partition coefficient (Wildman–Crippen LogP) is 4.02. The molecule has 1 aliphatic heterocycles. The molecule has 4 rings (SSSR count). The van der Waals surface area contributed by atoms with Crippen LogP contribution < -0.4 is 14.8 Å². The van der Waals surface area contributed by atoms with Gasteiger partial charge in [-0.3, -0.25) is 4.79 Å². The van der Waals surface area contributed by atoms with Crippen LogP contribution in [0.3, 0.4) is 0 Å². The summed E-state index contributed by atoms with van der Waals surface area (Å²) in [5.74, 6) is 2.48. The molecular formula is C24H27N3O4. The van der Waals surface area contributed by atoms with Crippen molar-refractivity contribution in [3.05, 3.63) is 59.0 Å². The molecule has 1 atom stereocenters. The van der Waals surface area contributed by atoms with Gasteiger partial charge in [0, 0.05) is 42.5 Å². The van der Waals surface area contributed by atoms with Gasteiger partial charge >= 0.3 is 0 Å². The number of carbonyl (C=O) groups excluding carboxylic acids is 1. The summed E-state index contributed by atoms with van der Waals surface area (Å²) < 4.78 is 17.3. The molecule has 7 heteroatoms. The maximum atomic E-state index is 12.4. The average molecular weight is 421 g/mol. The van der Waals surface area contributed by atoms with E-state index in [-0.39, 0.29) is 18.4 Å². The number of aryl methyl sites for hydroxylation is 2. The first kappa shape index (κ1) is 20.9. The van der Waals surface area contributed by atoms with Gasteiger partial charge in [0.25, 0.3) is 0 Å². The van der Waals surface area contributed by atoms with Crippen LogP contribution in [0, 0.1) is 6.92 Å². The van der Waals surface area contributed by atoms with Crippen LogP contribution in [0.4, 0.5) is 0 Å². The standard InChI is InChI=1S/C24H27N3O4/c1-4-29-20-12-18-11-16(3)30-21(18)13-19(20)14-25-22(28)9-10-23-26-27-24(31-23)17-7-5-15(2)6-8-17/h5-8,12-13,16H,4,9-11,14H2,1-3H3,(H,25,28)/t16-/m1/s1. The molecule has 0 radical (unpaired) electrons. The maximum absolute atomic E-state index is 12.4.